The third-order valence-electron chi connectivity index (χ3n) is 5.63. The first-order valence-electron chi connectivity index (χ1n) is 10.1. The lowest BCUT2D eigenvalue weighted by atomic mass is 10.0. The highest BCUT2D eigenvalue weighted by molar-refractivity contribution is 8.14. The van der Waals surface area contributed by atoms with E-state index in [9.17, 15) is 4.39 Å². The van der Waals surface area contributed by atoms with Crippen LogP contribution in [0.3, 0.4) is 0 Å². The number of aliphatic imine (C=N–C) groups is 1. The molecular formula is C22H23FN4S2. The van der Waals surface area contributed by atoms with E-state index < -0.39 is 0 Å². The highest BCUT2D eigenvalue weighted by Gasteiger charge is 2.39. The average molecular weight is 427 g/mol. The summed E-state index contributed by atoms with van der Waals surface area (Å²) < 4.78 is 14.2. The van der Waals surface area contributed by atoms with Crippen molar-refractivity contribution in [2.45, 2.75) is 37.6 Å². The van der Waals surface area contributed by atoms with Crippen molar-refractivity contribution in [1.82, 2.24) is 10.3 Å². The Balaban J connectivity index is 1.16. The normalized spacial score (nSPS) is 19.3. The predicted octanol–water partition coefficient (Wildman–Crippen LogP) is 5.73. The molecule has 2 aliphatic rings. The summed E-state index contributed by atoms with van der Waals surface area (Å²) in [5.74, 6) is 0.926. The number of fused-ring (bicyclic) bond motifs is 1. The molecule has 1 aromatic heterocycles. The fourth-order valence-corrected chi connectivity index (χ4v) is 6.18. The van der Waals surface area contributed by atoms with E-state index in [1.54, 1.807) is 6.07 Å². The fraction of sp³-hybridized carbons (Fsp3) is 0.364. The second-order valence-electron chi connectivity index (χ2n) is 7.79. The van der Waals surface area contributed by atoms with E-state index in [0.717, 1.165) is 44.9 Å². The average Bonchev–Trinajstić information content (AvgIpc) is 3.44. The van der Waals surface area contributed by atoms with Crippen LogP contribution in [-0.2, 0) is 6.42 Å². The fourth-order valence-electron chi connectivity index (χ4n) is 4.03. The first kappa shape index (κ1) is 18.9. The summed E-state index contributed by atoms with van der Waals surface area (Å²) in [5.41, 5.74) is 3.40. The summed E-state index contributed by atoms with van der Waals surface area (Å²) in [6.45, 7) is 0.788. The van der Waals surface area contributed by atoms with E-state index in [4.69, 9.17) is 4.99 Å². The molecule has 7 heteroatoms. The molecule has 1 saturated carbocycles. The van der Waals surface area contributed by atoms with Gasteiger partial charge in [0.25, 0.3) is 0 Å². The van der Waals surface area contributed by atoms with Crippen LogP contribution in [-0.4, -0.2) is 28.0 Å². The number of hydrogen-bond acceptors (Lipinski definition) is 5. The molecule has 1 aliphatic heterocycles. The molecule has 1 saturated heterocycles. The third-order valence-corrected chi connectivity index (χ3v) is 7.76. The zero-order valence-electron chi connectivity index (χ0n) is 16.1. The number of rotatable bonds is 5. The zero-order chi connectivity index (χ0) is 19.7. The number of hydrogen-bond donors (Lipinski definition) is 2. The first-order chi connectivity index (χ1) is 14.2. The molecule has 2 N–H and O–H groups in total. The Hall–Kier alpha value is -2.12. The molecule has 4 nitrogen and oxygen atoms in total. The van der Waals surface area contributed by atoms with Gasteiger partial charge in [-0.05, 0) is 55.2 Å². The van der Waals surface area contributed by atoms with Crippen molar-refractivity contribution in [3.05, 3.63) is 53.8 Å². The van der Waals surface area contributed by atoms with Gasteiger partial charge < -0.3 is 10.6 Å². The number of thiazole rings is 1. The van der Waals surface area contributed by atoms with Gasteiger partial charge in [-0.1, -0.05) is 48.1 Å². The molecule has 0 atom stereocenters. The minimum atomic E-state index is -0.221. The van der Waals surface area contributed by atoms with Gasteiger partial charge in [0.2, 0.25) is 0 Å². The van der Waals surface area contributed by atoms with E-state index >= 15 is 0 Å². The predicted molar refractivity (Wildman–Crippen MR) is 122 cm³/mol. The van der Waals surface area contributed by atoms with Gasteiger partial charge in [0.15, 0.2) is 10.3 Å². The number of thioether (sulfide) groups is 1. The quantitative estimate of drug-likeness (QED) is 0.547. The summed E-state index contributed by atoms with van der Waals surface area (Å²) >= 11 is 3.34. The number of amidine groups is 1. The smallest absolute Gasteiger partial charge is 0.183 e. The molecule has 2 aromatic carbocycles. The van der Waals surface area contributed by atoms with Crippen LogP contribution in [0.4, 0.5) is 15.2 Å². The van der Waals surface area contributed by atoms with Crippen molar-refractivity contribution in [3.8, 4) is 0 Å². The molecule has 0 bridgehead atoms. The molecule has 1 aliphatic carbocycles. The van der Waals surface area contributed by atoms with E-state index in [-0.39, 0.29) is 5.82 Å². The lowest BCUT2D eigenvalue weighted by molar-refractivity contribution is 0.453. The Morgan fingerprint density at radius 2 is 1.97 bits per heavy atom. The van der Waals surface area contributed by atoms with Crippen LogP contribution in [0.1, 0.15) is 31.2 Å². The van der Waals surface area contributed by atoms with Gasteiger partial charge in [-0.15, -0.1) is 0 Å². The van der Waals surface area contributed by atoms with Gasteiger partial charge in [-0.3, -0.25) is 0 Å². The SMILES string of the molecule is Fc1ccc2nc(NCCc3ccc(/N=C4/NC5(CCCC5)CS4)cc3)sc2c1. The van der Waals surface area contributed by atoms with Gasteiger partial charge in [0, 0.05) is 17.8 Å². The number of halogens is 1. The molecule has 2 heterocycles. The van der Waals surface area contributed by atoms with E-state index in [1.165, 1.54) is 54.7 Å². The Labute approximate surface area is 178 Å². The highest BCUT2D eigenvalue weighted by atomic mass is 32.2. The van der Waals surface area contributed by atoms with Crippen LogP contribution in [0.15, 0.2) is 47.5 Å². The van der Waals surface area contributed by atoms with Gasteiger partial charge >= 0.3 is 0 Å². The van der Waals surface area contributed by atoms with Crippen LogP contribution in [0.25, 0.3) is 10.2 Å². The minimum absolute atomic E-state index is 0.221. The second-order valence-corrected chi connectivity index (χ2v) is 9.79. The summed E-state index contributed by atoms with van der Waals surface area (Å²) in [7, 11) is 0. The molecule has 5 rings (SSSR count). The standard InChI is InChI=1S/C22H23FN4S2/c23-16-5-8-18-19(13-16)29-20(26-18)24-12-9-15-3-6-17(7-4-15)25-21-27-22(14-28-21)10-1-2-11-22/h3-8,13H,1-2,9-12,14H2,(H,24,26)(H,25,27). The van der Waals surface area contributed by atoms with Gasteiger partial charge in [0.05, 0.1) is 15.9 Å². The lowest BCUT2D eigenvalue weighted by Crippen LogP contribution is -2.40. The number of anilines is 1. The Bertz CT molecular complexity index is 1040. The maximum Gasteiger partial charge on any atom is 0.183 e. The monoisotopic (exact) mass is 426 g/mol. The van der Waals surface area contributed by atoms with Crippen LogP contribution < -0.4 is 10.6 Å². The van der Waals surface area contributed by atoms with E-state index in [0.29, 0.717) is 5.54 Å². The summed E-state index contributed by atoms with van der Waals surface area (Å²) in [6, 6.07) is 13.2. The zero-order valence-corrected chi connectivity index (χ0v) is 17.7. The van der Waals surface area contributed by atoms with Crippen molar-refractivity contribution in [2.24, 2.45) is 4.99 Å². The summed E-state index contributed by atoms with van der Waals surface area (Å²) in [6.07, 6.45) is 6.11. The minimum Gasteiger partial charge on any atom is -0.361 e. The molecule has 150 valence electrons. The Kier molecular flexibility index (Phi) is 5.18. The van der Waals surface area contributed by atoms with Crippen molar-refractivity contribution in [2.75, 3.05) is 17.6 Å². The van der Waals surface area contributed by atoms with Crippen molar-refractivity contribution in [1.29, 1.82) is 0 Å². The molecule has 1 spiro atoms. The maximum atomic E-state index is 13.3. The topological polar surface area (TPSA) is 49.3 Å². The molecular weight excluding hydrogens is 403 g/mol. The summed E-state index contributed by atoms with van der Waals surface area (Å²) in [4.78, 5) is 9.29. The van der Waals surface area contributed by atoms with Gasteiger partial charge in [0.1, 0.15) is 5.82 Å². The Morgan fingerprint density at radius 1 is 1.14 bits per heavy atom. The maximum absolute atomic E-state index is 13.3. The van der Waals surface area contributed by atoms with Gasteiger partial charge in [-0.25, -0.2) is 14.4 Å². The second kappa shape index (κ2) is 7.95. The number of aromatic nitrogens is 1. The Morgan fingerprint density at radius 3 is 2.79 bits per heavy atom. The van der Waals surface area contributed by atoms with Crippen LogP contribution in [0.5, 0.6) is 0 Å². The molecule has 0 radical (unpaired) electrons. The first-order valence-corrected chi connectivity index (χ1v) is 11.9. The number of benzene rings is 2. The van der Waals surface area contributed by atoms with E-state index in [2.05, 4.69) is 39.9 Å². The largest absolute Gasteiger partial charge is 0.361 e. The van der Waals surface area contributed by atoms with Crippen LogP contribution >= 0.6 is 23.1 Å². The molecule has 29 heavy (non-hydrogen) atoms. The molecule has 2 fully saturated rings. The molecule has 3 aromatic rings. The molecule has 0 unspecified atom stereocenters. The van der Waals surface area contributed by atoms with Crippen LogP contribution in [0, 0.1) is 5.82 Å². The number of nitrogens with one attached hydrogen (secondary N) is 2. The summed E-state index contributed by atoms with van der Waals surface area (Å²) in [5, 5.41) is 8.91. The lowest BCUT2D eigenvalue weighted by Gasteiger charge is -2.21. The third kappa shape index (κ3) is 4.26. The van der Waals surface area contributed by atoms with Crippen molar-refractivity contribution < 1.29 is 4.39 Å². The van der Waals surface area contributed by atoms with Crippen LogP contribution in [0.2, 0.25) is 0 Å². The van der Waals surface area contributed by atoms with E-state index in [1.807, 2.05) is 11.8 Å². The van der Waals surface area contributed by atoms with Crippen molar-refractivity contribution in [3.63, 3.8) is 0 Å². The highest BCUT2D eigenvalue weighted by Crippen LogP contribution is 2.38. The van der Waals surface area contributed by atoms with Crippen molar-refractivity contribution >= 4 is 49.3 Å². The molecule has 0 amide bonds. The van der Waals surface area contributed by atoms with Gasteiger partial charge in [-0.2, -0.15) is 0 Å². The number of nitrogens with zero attached hydrogens (tertiary/aromatic N) is 2.